The SMILES string of the molecule is Cc1cccc(OCC[C@H]2CCOC2=O)c1[N+](=O)[O-]. The van der Waals surface area contributed by atoms with Crippen molar-refractivity contribution in [2.45, 2.75) is 19.8 Å². The molecule has 0 aromatic heterocycles. The molecule has 2 rings (SSSR count). The van der Waals surface area contributed by atoms with Gasteiger partial charge in [0.15, 0.2) is 5.75 Å². The summed E-state index contributed by atoms with van der Waals surface area (Å²) in [5.74, 6) is -0.109. The monoisotopic (exact) mass is 265 g/mol. The normalized spacial score (nSPS) is 18.2. The summed E-state index contributed by atoms with van der Waals surface area (Å²) in [6, 6.07) is 4.94. The molecular weight excluding hydrogens is 250 g/mol. The van der Waals surface area contributed by atoms with Crippen molar-refractivity contribution in [2.75, 3.05) is 13.2 Å². The minimum absolute atomic E-state index is 0.0171. The van der Waals surface area contributed by atoms with Gasteiger partial charge in [-0.05, 0) is 25.8 Å². The van der Waals surface area contributed by atoms with Crippen molar-refractivity contribution in [1.82, 2.24) is 0 Å². The van der Waals surface area contributed by atoms with Gasteiger partial charge in [0.1, 0.15) is 0 Å². The second-order valence-corrected chi connectivity index (χ2v) is 4.47. The molecule has 102 valence electrons. The average molecular weight is 265 g/mol. The van der Waals surface area contributed by atoms with Crippen molar-refractivity contribution in [3.05, 3.63) is 33.9 Å². The summed E-state index contributed by atoms with van der Waals surface area (Å²) in [4.78, 5) is 21.8. The maximum absolute atomic E-state index is 11.3. The smallest absolute Gasteiger partial charge is 0.313 e. The van der Waals surface area contributed by atoms with Crippen LogP contribution in [0.2, 0.25) is 0 Å². The summed E-state index contributed by atoms with van der Waals surface area (Å²) in [6.07, 6.45) is 1.21. The van der Waals surface area contributed by atoms with Crippen molar-refractivity contribution in [2.24, 2.45) is 5.92 Å². The predicted molar refractivity (Wildman–Crippen MR) is 67.0 cm³/mol. The standard InChI is InChI=1S/C13H15NO5/c1-9-3-2-4-11(12(9)14(16)17)18-7-5-10-6-8-19-13(10)15/h2-4,10H,5-8H2,1H3/t10-/m0/s1. The first-order chi connectivity index (χ1) is 9.09. The molecule has 0 saturated carbocycles. The first-order valence-electron chi connectivity index (χ1n) is 6.13. The van der Waals surface area contributed by atoms with E-state index in [1.807, 2.05) is 0 Å². The fourth-order valence-electron chi connectivity index (χ4n) is 2.09. The highest BCUT2D eigenvalue weighted by Crippen LogP contribution is 2.30. The van der Waals surface area contributed by atoms with Gasteiger partial charge in [-0.25, -0.2) is 0 Å². The van der Waals surface area contributed by atoms with Crippen LogP contribution in [0.15, 0.2) is 18.2 Å². The van der Waals surface area contributed by atoms with E-state index in [0.717, 1.165) is 0 Å². The number of benzene rings is 1. The lowest BCUT2D eigenvalue weighted by Crippen LogP contribution is -2.12. The molecule has 0 radical (unpaired) electrons. The summed E-state index contributed by atoms with van der Waals surface area (Å²) < 4.78 is 10.3. The van der Waals surface area contributed by atoms with E-state index in [1.54, 1.807) is 25.1 Å². The van der Waals surface area contributed by atoms with Gasteiger partial charge >= 0.3 is 11.7 Å². The van der Waals surface area contributed by atoms with E-state index in [0.29, 0.717) is 25.0 Å². The number of esters is 1. The highest BCUT2D eigenvalue weighted by molar-refractivity contribution is 5.74. The van der Waals surface area contributed by atoms with Gasteiger partial charge in [0.2, 0.25) is 0 Å². The molecule has 6 heteroatoms. The number of nitro benzene ring substituents is 1. The van der Waals surface area contributed by atoms with Crippen LogP contribution in [0.3, 0.4) is 0 Å². The average Bonchev–Trinajstić information content (AvgIpc) is 2.75. The van der Waals surface area contributed by atoms with Crippen molar-refractivity contribution in [3.8, 4) is 5.75 Å². The topological polar surface area (TPSA) is 78.7 Å². The lowest BCUT2D eigenvalue weighted by molar-refractivity contribution is -0.386. The third-order valence-electron chi connectivity index (χ3n) is 3.15. The number of ether oxygens (including phenoxy) is 2. The molecule has 0 amide bonds. The maximum Gasteiger partial charge on any atom is 0.313 e. The summed E-state index contributed by atoms with van der Waals surface area (Å²) in [7, 11) is 0. The van der Waals surface area contributed by atoms with Gasteiger partial charge < -0.3 is 9.47 Å². The van der Waals surface area contributed by atoms with Crippen molar-refractivity contribution in [1.29, 1.82) is 0 Å². The Kier molecular flexibility index (Phi) is 3.99. The summed E-state index contributed by atoms with van der Waals surface area (Å²) in [5.41, 5.74) is 0.541. The van der Waals surface area contributed by atoms with Crippen LogP contribution in [0.5, 0.6) is 5.75 Å². The molecule has 1 saturated heterocycles. The number of hydrogen-bond acceptors (Lipinski definition) is 5. The molecule has 1 aromatic carbocycles. The van der Waals surface area contributed by atoms with Crippen LogP contribution in [0.1, 0.15) is 18.4 Å². The highest BCUT2D eigenvalue weighted by Gasteiger charge is 2.26. The first kappa shape index (κ1) is 13.3. The molecular formula is C13H15NO5. The Morgan fingerprint density at radius 1 is 1.53 bits per heavy atom. The fourth-order valence-corrected chi connectivity index (χ4v) is 2.09. The van der Waals surface area contributed by atoms with Gasteiger partial charge in [0.05, 0.1) is 24.1 Å². The van der Waals surface area contributed by atoms with Crippen LogP contribution in [-0.2, 0) is 9.53 Å². The van der Waals surface area contributed by atoms with Crippen molar-refractivity contribution < 1.29 is 19.2 Å². The van der Waals surface area contributed by atoms with E-state index in [-0.39, 0.29) is 29.9 Å². The second kappa shape index (κ2) is 5.69. The van der Waals surface area contributed by atoms with E-state index >= 15 is 0 Å². The number of nitrogens with zero attached hydrogens (tertiary/aromatic N) is 1. The Hall–Kier alpha value is -2.11. The minimum atomic E-state index is -0.450. The van der Waals surface area contributed by atoms with Crippen LogP contribution in [0.25, 0.3) is 0 Å². The van der Waals surface area contributed by atoms with Gasteiger partial charge in [-0.2, -0.15) is 0 Å². The molecule has 1 heterocycles. The fraction of sp³-hybridized carbons (Fsp3) is 0.462. The molecule has 1 aliphatic heterocycles. The van der Waals surface area contributed by atoms with Gasteiger partial charge in [-0.1, -0.05) is 12.1 Å². The molecule has 0 N–H and O–H groups in total. The molecule has 0 bridgehead atoms. The largest absolute Gasteiger partial charge is 0.487 e. The lowest BCUT2D eigenvalue weighted by atomic mass is 10.1. The molecule has 0 spiro atoms. The zero-order chi connectivity index (χ0) is 13.8. The van der Waals surface area contributed by atoms with E-state index in [2.05, 4.69) is 0 Å². The van der Waals surface area contributed by atoms with Gasteiger partial charge in [0.25, 0.3) is 0 Å². The molecule has 19 heavy (non-hydrogen) atoms. The Bertz CT molecular complexity index is 500. The number of hydrogen-bond donors (Lipinski definition) is 0. The maximum atomic E-state index is 11.3. The predicted octanol–water partition coefficient (Wildman–Crippen LogP) is 2.24. The first-order valence-corrected chi connectivity index (χ1v) is 6.13. The molecule has 0 aliphatic carbocycles. The number of rotatable bonds is 5. The van der Waals surface area contributed by atoms with E-state index in [9.17, 15) is 14.9 Å². The molecule has 0 unspecified atom stereocenters. The zero-order valence-electron chi connectivity index (χ0n) is 10.6. The number of para-hydroxylation sites is 1. The minimum Gasteiger partial charge on any atom is -0.487 e. The summed E-state index contributed by atoms with van der Waals surface area (Å²) in [5, 5.41) is 11.0. The Morgan fingerprint density at radius 3 is 2.95 bits per heavy atom. The lowest BCUT2D eigenvalue weighted by Gasteiger charge is -2.09. The van der Waals surface area contributed by atoms with Crippen LogP contribution < -0.4 is 4.74 Å². The molecule has 6 nitrogen and oxygen atoms in total. The van der Waals surface area contributed by atoms with E-state index < -0.39 is 4.92 Å². The quantitative estimate of drug-likeness (QED) is 0.463. The highest BCUT2D eigenvalue weighted by atomic mass is 16.6. The molecule has 1 aromatic rings. The number of carbonyl (C=O) groups is 1. The van der Waals surface area contributed by atoms with Crippen LogP contribution in [0, 0.1) is 23.0 Å². The Balaban J connectivity index is 1.98. The van der Waals surface area contributed by atoms with Crippen molar-refractivity contribution in [3.63, 3.8) is 0 Å². The van der Waals surface area contributed by atoms with E-state index in [1.165, 1.54) is 0 Å². The van der Waals surface area contributed by atoms with E-state index in [4.69, 9.17) is 9.47 Å². The third-order valence-corrected chi connectivity index (χ3v) is 3.15. The number of carbonyl (C=O) groups excluding carboxylic acids is 1. The van der Waals surface area contributed by atoms with Gasteiger partial charge in [-0.15, -0.1) is 0 Å². The Morgan fingerprint density at radius 2 is 2.32 bits per heavy atom. The summed E-state index contributed by atoms with van der Waals surface area (Å²) >= 11 is 0. The second-order valence-electron chi connectivity index (χ2n) is 4.47. The molecule has 1 atom stereocenters. The van der Waals surface area contributed by atoms with Gasteiger partial charge in [0, 0.05) is 5.56 Å². The third kappa shape index (κ3) is 3.01. The Labute approximate surface area is 110 Å². The van der Waals surface area contributed by atoms with Crippen LogP contribution in [-0.4, -0.2) is 24.1 Å². The number of aryl methyl sites for hydroxylation is 1. The van der Waals surface area contributed by atoms with Crippen LogP contribution >= 0.6 is 0 Å². The molecule has 1 fully saturated rings. The van der Waals surface area contributed by atoms with Gasteiger partial charge in [-0.3, -0.25) is 14.9 Å². The zero-order valence-corrected chi connectivity index (χ0v) is 10.6. The molecule has 1 aliphatic rings. The number of nitro groups is 1. The number of cyclic esters (lactones) is 1. The van der Waals surface area contributed by atoms with Crippen molar-refractivity contribution >= 4 is 11.7 Å². The van der Waals surface area contributed by atoms with Crippen LogP contribution in [0.4, 0.5) is 5.69 Å². The summed E-state index contributed by atoms with van der Waals surface area (Å²) in [6.45, 7) is 2.39.